The molecule has 0 spiro atoms. The van der Waals surface area contributed by atoms with Crippen molar-refractivity contribution in [2.75, 3.05) is 0 Å². The van der Waals surface area contributed by atoms with E-state index in [1.54, 1.807) is 6.20 Å². The molecule has 1 aromatic carbocycles. The van der Waals surface area contributed by atoms with Crippen LogP contribution in [0.5, 0.6) is 0 Å². The fourth-order valence-electron chi connectivity index (χ4n) is 1.11. The first-order valence-electron chi connectivity index (χ1n) is 4.18. The maximum atomic E-state index is 4.09. The fraction of sp³-hybridized carbons (Fsp3) is 0. The summed E-state index contributed by atoms with van der Waals surface area (Å²) in [5.41, 5.74) is 1.18. The molecule has 0 aliphatic heterocycles. The van der Waals surface area contributed by atoms with E-state index in [1.807, 2.05) is 36.5 Å². The van der Waals surface area contributed by atoms with Gasteiger partial charge < -0.3 is 4.98 Å². The van der Waals surface area contributed by atoms with Crippen LogP contribution in [0.15, 0.2) is 42.7 Å². The molecule has 1 heterocycles. The van der Waals surface area contributed by atoms with E-state index in [1.165, 1.54) is 5.56 Å². The van der Waals surface area contributed by atoms with E-state index >= 15 is 0 Å². The average Bonchev–Trinajstić information content (AvgIpc) is 2.69. The number of nitrogens with one attached hydrogen (secondary N) is 1. The van der Waals surface area contributed by atoms with Gasteiger partial charge in [-0.15, -0.1) is 0 Å². The molecule has 0 fully saturated rings. The second-order valence-corrected chi connectivity index (χ2v) is 2.72. The molecule has 0 saturated carbocycles. The molecule has 0 bridgehead atoms. The maximum Gasteiger partial charge on any atom is 0.129 e. The molecular weight excluding hydrogens is 160 g/mol. The predicted molar refractivity (Wildman–Crippen MR) is 54.0 cm³/mol. The Hall–Kier alpha value is -1.83. The number of hydrogen-bond donors (Lipinski definition) is 1. The van der Waals surface area contributed by atoms with E-state index in [0.29, 0.717) is 0 Å². The second-order valence-electron chi connectivity index (χ2n) is 2.72. The summed E-state index contributed by atoms with van der Waals surface area (Å²) in [6, 6.07) is 10.1. The number of aromatic nitrogens is 2. The number of H-pyrrole nitrogens is 1. The molecule has 2 rings (SSSR count). The Kier molecular flexibility index (Phi) is 2.23. The van der Waals surface area contributed by atoms with Gasteiger partial charge in [0.1, 0.15) is 5.82 Å². The lowest BCUT2D eigenvalue weighted by Crippen LogP contribution is -1.73. The summed E-state index contributed by atoms with van der Waals surface area (Å²) in [4.78, 5) is 7.10. The van der Waals surface area contributed by atoms with Gasteiger partial charge in [-0.25, -0.2) is 4.98 Å². The van der Waals surface area contributed by atoms with Gasteiger partial charge >= 0.3 is 0 Å². The van der Waals surface area contributed by atoms with E-state index in [0.717, 1.165) is 5.82 Å². The molecule has 2 heteroatoms. The Morgan fingerprint density at radius 2 is 1.92 bits per heavy atom. The molecule has 0 saturated heterocycles. The first kappa shape index (κ1) is 7.80. The van der Waals surface area contributed by atoms with Crippen LogP contribution in [0.25, 0.3) is 12.2 Å². The fourth-order valence-corrected chi connectivity index (χ4v) is 1.11. The van der Waals surface area contributed by atoms with E-state index in [9.17, 15) is 0 Å². The summed E-state index contributed by atoms with van der Waals surface area (Å²) in [5.74, 6) is 0.879. The monoisotopic (exact) mass is 170 g/mol. The first-order valence-corrected chi connectivity index (χ1v) is 4.18. The number of aromatic amines is 1. The highest BCUT2D eigenvalue weighted by Crippen LogP contribution is 2.03. The molecule has 1 N–H and O–H groups in total. The van der Waals surface area contributed by atoms with Crippen molar-refractivity contribution in [1.82, 2.24) is 9.97 Å². The topological polar surface area (TPSA) is 28.7 Å². The normalized spacial score (nSPS) is 10.8. The molecule has 0 aliphatic rings. The summed E-state index contributed by atoms with van der Waals surface area (Å²) in [5, 5.41) is 0. The van der Waals surface area contributed by atoms with Crippen molar-refractivity contribution in [3.63, 3.8) is 0 Å². The van der Waals surface area contributed by atoms with Gasteiger partial charge in [-0.1, -0.05) is 36.4 Å². The smallest absolute Gasteiger partial charge is 0.129 e. The van der Waals surface area contributed by atoms with Crippen molar-refractivity contribution in [2.24, 2.45) is 0 Å². The largest absolute Gasteiger partial charge is 0.345 e. The maximum absolute atomic E-state index is 4.09. The van der Waals surface area contributed by atoms with Crippen molar-refractivity contribution < 1.29 is 0 Å². The summed E-state index contributed by atoms with van der Waals surface area (Å²) in [7, 11) is 0. The van der Waals surface area contributed by atoms with Crippen LogP contribution in [0.3, 0.4) is 0 Å². The van der Waals surface area contributed by atoms with Crippen molar-refractivity contribution >= 4 is 12.2 Å². The van der Waals surface area contributed by atoms with E-state index in [2.05, 4.69) is 22.1 Å². The lowest BCUT2D eigenvalue weighted by molar-refractivity contribution is 1.27. The summed E-state index contributed by atoms with van der Waals surface area (Å²) in [6.07, 6.45) is 7.53. The molecule has 0 aliphatic carbocycles. The molecule has 0 unspecified atom stereocenters. The Morgan fingerprint density at radius 3 is 2.62 bits per heavy atom. The summed E-state index contributed by atoms with van der Waals surface area (Å²) in [6.45, 7) is 0. The van der Waals surface area contributed by atoms with Crippen LogP contribution in [0.1, 0.15) is 11.4 Å². The van der Waals surface area contributed by atoms with Gasteiger partial charge in [0.05, 0.1) is 0 Å². The highest BCUT2D eigenvalue weighted by Gasteiger charge is 1.86. The minimum Gasteiger partial charge on any atom is -0.345 e. The van der Waals surface area contributed by atoms with Crippen LogP contribution >= 0.6 is 0 Å². The second kappa shape index (κ2) is 3.72. The third-order valence-corrected chi connectivity index (χ3v) is 1.75. The molecule has 0 radical (unpaired) electrons. The Balaban J connectivity index is 2.15. The molecule has 13 heavy (non-hydrogen) atoms. The van der Waals surface area contributed by atoms with Gasteiger partial charge in [0.15, 0.2) is 0 Å². The quantitative estimate of drug-likeness (QED) is 0.737. The lowest BCUT2D eigenvalue weighted by atomic mass is 10.2. The minimum atomic E-state index is 0.879. The zero-order valence-electron chi connectivity index (χ0n) is 7.14. The van der Waals surface area contributed by atoms with Gasteiger partial charge in [0.2, 0.25) is 0 Å². The van der Waals surface area contributed by atoms with Gasteiger partial charge in [-0.05, 0) is 11.6 Å². The molecule has 1 aromatic heterocycles. The minimum absolute atomic E-state index is 0.879. The van der Waals surface area contributed by atoms with Crippen LogP contribution < -0.4 is 0 Å². The Morgan fingerprint density at radius 1 is 1.08 bits per heavy atom. The highest BCUT2D eigenvalue weighted by atomic mass is 14.9. The Bertz CT molecular complexity index is 374. The van der Waals surface area contributed by atoms with Crippen LogP contribution in [0, 0.1) is 0 Å². The van der Waals surface area contributed by atoms with Crippen molar-refractivity contribution in [2.45, 2.75) is 0 Å². The van der Waals surface area contributed by atoms with Gasteiger partial charge in [0, 0.05) is 12.4 Å². The molecule has 0 atom stereocenters. The van der Waals surface area contributed by atoms with Crippen molar-refractivity contribution in [1.29, 1.82) is 0 Å². The predicted octanol–water partition coefficient (Wildman–Crippen LogP) is 2.58. The highest BCUT2D eigenvalue weighted by molar-refractivity contribution is 5.66. The molecule has 2 aromatic rings. The van der Waals surface area contributed by atoms with E-state index < -0.39 is 0 Å². The number of imidazole rings is 1. The lowest BCUT2D eigenvalue weighted by Gasteiger charge is -1.89. The first-order chi connectivity index (χ1) is 6.45. The third kappa shape index (κ3) is 2.06. The Labute approximate surface area is 77.0 Å². The third-order valence-electron chi connectivity index (χ3n) is 1.75. The number of benzene rings is 1. The van der Waals surface area contributed by atoms with Gasteiger partial charge in [-0.3, -0.25) is 0 Å². The standard InChI is InChI=1S/C11H10N2/c1-2-4-10(5-3-1)6-7-11-12-8-9-13-11/h1-9H,(H,12,13)/b7-6-. The van der Waals surface area contributed by atoms with Gasteiger partial charge in [0.25, 0.3) is 0 Å². The molecule has 0 amide bonds. The zero-order valence-corrected chi connectivity index (χ0v) is 7.14. The van der Waals surface area contributed by atoms with E-state index in [-0.39, 0.29) is 0 Å². The average molecular weight is 170 g/mol. The molecular formula is C11H10N2. The number of hydrogen-bond acceptors (Lipinski definition) is 1. The van der Waals surface area contributed by atoms with Crippen LogP contribution in [-0.4, -0.2) is 9.97 Å². The number of nitrogens with zero attached hydrogens (tertiary/aromatic N) is 1. The summed E-state index contributed by atoms with van der Waals surface area (Å²) >= 11 is 0. The molecule has 2 nitrogen and oxygen atoms in total. The van der Waals surface area contributed by atoms with Crippen molar-refractivity contribution in [3.05, 3.63) is 54.1 Å². The zero-order chi connectivity index (χ0) is 8.93. The summed E-state index contributed by atoms with van der Waals surface area (Å²) < 4.78 is 0. The van der Waals surface area contributed by atoms with Gasteiger partial charge in [-0.2, -0.15) is 0 Å². The van der Waals surface area contributed by atoms with Crippen LogP contribution in [0.2, 0.25) is 0 Å². The number of rotatable bonds is 2. The van der Waals surface area contributed by atoms with Crippen LogP contribution in [0.4, 0.5) is 0 Å². The SMILES string of the molecule is C(=C/c1ncc[nH]1)/c1ccccc1. The van der Waals surface area contributed by atoms with Crippen molar-refractivity contribution in [3.8, 4) is 0 Å². The van der Waals surface area contributed by atoms with Crippen LogP contribution in [-0.2, 0) is 0 Å². The molecule has 64 valence electrons. The van der Waals surface area contributed by atoms with E-state index in [4.69, 9.17) is 0 Å².